The standard InChI is InChI=1S/C60H107N2O6P/c1-6-8-10-12-14-16-18-19-20-21-22-23-24-25-26-27-28-29-30-31-32-33-34-35-36-37-38-39-40-41-42-43-44-46-48-50-52-54-60(64)61-58(57-68-69(65,66)67-56-55-62(3,4)5)59(63)53-51-49-47-45-17-15-13-11-9-7-2/h8,10,14,16,19-20,22-23,25-26,28-29,31-32,34-35,58-59,63H,6-7,9,11-13,15,17-18,21,24,27,30,33,36-57H2,1-5H3,(H-,61,64,65,66)/p+1/b10-8-,16-14-,20-19-,23-22-,26-25-,29-28-,32-31-,35-34-. The van der Waals surface area contributed by atoms with Gasteiger partial charge in [0, 0.05) is 6.42 Å². The van der Waals surface area contributed by atoms with Gasteiger partial charge in [0.1, 0.15) is 13.2 Å². The summed E-state index contributed by atoms with van der Waals surface area (Å²) in [7, 11) is 1.60. The molecule has 0 heterocycles. The molecule has 0 aliphatic carbocycles. The molecule has 0 aromatic carbocycles. The molecule has 0 fully saturated rings. The van der Waals surface area contributed by atoms with Crippen LogP contribution >= 0.6 is 7.82 Å². The summed E-state index contributed by atoms with van der Waals surface area (Å²) in [6.45, 7) is 4.75. The molecule has 0 radical (unpaired) electrons. The zero-order valence-electron chi connectivity index (χ0n) is 45.3. The fourth-order valence-electron chi connectivity index (χ4n) is 7.71. The van der Waals surface area contributed by atoms with Crippen molar-refractivity contribution in [3.63, 3.8) is 0 Å². The zero-order chi connectivity index (χ0) is 50.6. The van der Waals surface area contributed by atoms with E-state index in [0.29, 0.717) is 23.9 Å². The number of unbranched alkanes of at least 4 members (excludes halogenated alkanes) is 21. The maximum Gasteiger partial charge on any atom is 0.472 e. The van der Waals surface area contributed by atoms with E-state index in [0.717, 1.165) is 89.9 Å². The van der Waals surface area contributed by atoms with Crippen LogP contribution in [0.2, 0.25) is 0 Å². The van der Waals surface area contributed by atoms with Crippen molar-refractivity contribution in [3.05, 3.63) is 97.2 Å². The van der Waals surface area contributed by atoms with Gasteiger partial charge in [0.25, 0.3) is 0 Å². The minimum atomic E-state index is -4.32. The fourth-order valence-corrected chi connectivity index (χ4v) is 8.44. The van der Waals surface area contributed by atoms with Crippen molar-refractivity contribution >= 4 is 13.7 Å². The van der Waals surface area contributed by atoms with Crippen molar-refractivity contribution in [2.24, 2.45) is 0 Å². The number of hydrogen-bond donors (Lipinski definition) is 3. The highest BCUT2D eigenvalue weighted by Crippen LogP contribution is 2.43. The zero-order valence-corrected chi connectivity index (χ0v) is 46.2. The number of likely N-dealkylation sites (N-methyl/N-ethyl adjacent to an activating group) is 1. The van der Waals surface area contributed by atoms with E-state index in [2.05, 4.69) is 116 Å². The van der Waals surface area contributed by atoms with Crippen LogP contribution in [-0.2, 0) is 18.4 Å². The molecule has 9 heteroatoms. The fraction of sp³-hybridized carbons (Fsp3) is 0.717. The SMILES string of the molecule is CC/C=C\C/C=C\C/C=C\C/C=C\C/C=C\C/C=C\C/C=C\C/C=C\CCCCCCCCCCCCCCC(=O)NC(COP(=O)(O)OCC[N+](C)(C)C)C(O)CCCCCCCCCCCC. The van der Waals surface area contributed by atoms with E-state index in [1.165, 1.54) is 109 Å². The van der Waals surface area contributed by atoms with Crippen molar-refractivity contribution in [2.45, 2.75) is 238 Å². The van der Waals surface area contributed by atoms with Gasteiger partial charge in [0.15, 0.2) is 0 Å². The smallest absolute Gasteiger partial charge is 0.391 e. The minimum absolute atomic E-state index is 0.0707. The number of nitrogens with one attached hydrogen (secondary N) is 1. The highest BCUT2D eigenvalue weighted by molar-refractivity contribution is 7.47. The van der Waals surface area contributed by atoms with Gasteiger partial charge in [-0.15, -0.1) is 0 Å². The largest absolute Gasteiger partial charge is 0.472 e. The molecule has 1 amide bonds. The molecule has 0 saturated heterocycles. The third-order valence-corrected chi connectivity index (χ3v) is 13.1. The van der Waals surface area contributed by atoms with Gasteiger partial charge in [-0.05, 0) is 77.0 Å². The van der Waals surface area contributed by atoms with E-state index < -0.39 is 20.0 Å². The van der Waals surface area contributed by atoms with Crippen LogP contribution in [0.4, 0.5) is 0 Å². The van der Waals surface area contributed by atoms with E-state index >= 15 is 0 Å². The lowest BCUT2D eigenvalue weighted by Gasteiger charge is -2.26. The molecule has 8 nitrogen and oxygen atoms in total. The van der Waals surface area contributed by atoms with Crippen LogP contribution in [-0.4, -0.2) is 73.4 Å². The number of phosphoric ester groups is 1. The Labute approximate surface area is 426 Å². The first kappa shape index (κ1) is 66.4. The van der Waals surface area contributed by atoms with E-state index in [1.54, 1.807) is 0 Å². The summed E-state index contributed by atoms with van der Waals surface area (Å²) in [5.74, 6) is -0.152. The number of nitrogens with zero attached hydrogens (tertiary/aromatic N) is 1. The molecule has 0 aliphatic rings. The molecule has 0 aliphatic heterocycles. The van der Waals surface area contributed by atoms with E-state index in [9.17, 15) is 19.4 Å². The van der Waals surface area contributed by atoms with Crippen molar-refractivity contribution in [2.75, 3.05) is 40.9 Å². The molecule has 69 heavy (non-hydrogen) atoms. The first-order chi connectivity index (χ1) is 33.5. The van der Waals surface area contributed by atoms with Crippen molar-refractivity contribution < 1.29 is 32.9 Å². The van der Waals surface area contributed by atoms with Gasteiger partial charge in [0.05, 0.1) is 39.9 Å². The van der Waals surface area contributed by atoms with Gasteiger partial charge >= 0.3 is 7.82 Å². The molecule has 0 aromatic heterocycles. The molecule has 0 saturated carbocycles. The number of rotatable bonds is 50. The number of carbonyl (C=O) groups excluding carboxylic acids is 1. The maximum atomic E-state index is 12.9. The Balaban J connectivity index is 4.01. The summed E-state index contributed by atoms with van der Waals surface area (Å²) in [5.41, 5.74) is 0. The molecule has 0 spiro atoms. The highest BCUT2D eigenvalue weighted by Gasteiger charge is 2.28. The van der Waals surface area contributed by atoms with Gasteiger partial charge in [-0.1, -0.05) is 239 Å². The molecular weight excluding hydrogens is 876 g/mol. The summed E-state index contributed by atoms with van der Waals surface area (Å²) in [5, 5.41) is 14.0. The van der Waals surface area contributed by atoms with E-state index in [1.807, 2.05) is 21.1 Å². The molecule has 3 N–H and O–H groups in total. The molecular formula is C60H108N2O6P+. The van der Waals surface area contributed by atoms with Crippen LogP contribution in [0.5, 0.6) is 0 Å². The Morgan fingerprint density at radius 3 is 1.28 bits per heavy atom. The average Bonchev–Trinajstić information content (AvgIpc) is 3.31. The first-order valence-electron chi connectivity index (χ1n) is 28.1. The van der Waals surface area contributed by atoms with Crippen molar-refractivity contribution in [3.8, 4) is 0 Å². The predicted octanol–water partition coefficient (Wildman–Crippen LogP) is 17.0. The van der Waals surface area contributed by atoms with Crippen LogP contribution in [0, 0.1) is 0 Å². The Bertz CT molecular complexity index is 1440. The number of amides is 1. The lowest BCUT2D eigenvalue weighted by Crippen LogP contribution is -2.46. The summed E-state index contributed by atoms with van der Waals surface area (Å²) in [4.78, 5) is 23.2. The molecule has 3 atom stereocenters. The number of phosphoric acid groups is 1. The molecule has 0 aromatic rings. The molecule has 3 unspecified atom stereocenters. The lowest BCUT2D eigenvalue weighted by molar-refractivity contribution is -0.870. The van der Waals surface area contributed by atoms with Gasteiger partial charge < -0.3 is 19.8 Å². The van der Waals surface area contributed by atoms with Gasteiger partial charge in [-0.25, -0.2) is 4.57 Å². The monoisotopic (exact) mass is 984 g/mol. The predicted molar refractivity (Wildman–Crippen MR) is 299 cm³/mol. The van der Waals surface area contributed by atoms with Crippen LogP contribution in [0.15, 0.2) is 97.2 Å². The van der Waals surface area contributed by atoms with E-state index in [4.69, 9.17) is 9.05 Å². The molecule has 0 bridgehead atoms. The van der Waals surface area contributed by atoms with Crippen LogP contribution in [0.3, 0.4) is 0 Å². The second kappa shape index (κ2) is 50.4. The Hall–Kier alpha value is -2.58. The Kier molecular flexibility index (Phi) is 48.5. The van der Waals surface area contributed by atoms with Gasteiger partial charge in [0.2, 0.25) is 5.91 Å². The topological polar surface area (TPSA) is 105 Å². The average molecular weight is 985 g/mol. The normalized spacial score (nSPS) is 14.7. The third-order valence-electron chi connectivity index (χ3n) is 12.1. The lowest BCUT2D eigenvalue weighted by atomic mass is 10.0. The Morgan fingerprint density at radius 1 is 0.507 bits per heavy atom. The summed E-state index contributed by atoms with van der Waals surface area (Å²) >= 11 is 0. The highest BCUT2D eigenvalue weighted by atomic mass is 31.2. The first-order valence-corrected chi connectivity index (χ1v) is 29.6. The maximum absolute atomic E-state index is 12.9. The number of aliphatic hydroxyl groups excluding tert-OH is 1. The number of carbonyl (C=O) groups is 1. The van der Waals surface area contributed by atoms with Crippen LogP contribution in [0.25, 0.3) is 0 Å². The van der Waals surface area contributed by atoms with Crippen molar-refractivity contribution in [1.29, 1.82) is 0 Å². The number of quaternary nitrogens is 1. The summed E-state index contributed by atoms with van der Waals surface area (Å²) < 4.78 is 23.7. The second-order valence-electron chi connectivity index (χ2n) is 19.9. The second-order valence-corrected chi connectivity index (χ2v) is 21.4. The minimum Gasteiger partial charge on any atom is -0.391 e. The van der Waals surface area contributed by atoms with Crippen LogP contribution in [0.1, 0.15) is 226 Å². The van der Waals surface area contributed by atoms with Crippen LogP contribution < -0.4 is 5.32 Å². The quantitative estimate of drug-likeness (QED) is 0.0243. The number of aliphatic hydroxyl groups is 1. The van der Waals surface area contributed by atoms with Crippen molar-refractivity contribution in [1.82, 2.24) is 5.32 Å². The van der Waals surface area contributed by atoms with E-state index in [-0.39, 0.29) is 19.1 Å². The summed E-state index contributed by atoms with van der Waals surface area (Å²) in [6, 6.07) is -0.765. The molecule has 398 valence electrons. The van der Waals surface area contributed by atoms with Gasteiger partial charge in [-0.3, -0.25) is 13.8 Å². The molecule has 0 rings (SSSR count). The number of allylic oxidation sites excluding steroid dienone is 16. The third kappa shape index (κ3) is 53.1. The Morgan fingerprint density at radius 2 is 0.870 bits per heavy atom. The van der Waals surface area contributed by atoms with Gasteiger partial charge in [-0.2, -0.15) is 0 Å². The number of hydrogen-bond acceptors (Lipinski definition) is 5. The summed E-state index contributed by atoms with van der Waals surface area (Å²) in [6.07, 6.45) is 71.9.